The van der Waals surface area contributed by atoms with Gasteiger partial charge in [-0.05, 0) is 125 Å². The minimum Gasteiger partial charge on any atom is -0.497 e. The fourth-order valence-electron chi connectivity index (χ4n) is 9.83. The summed E-state index contributed by atoms with van der Waals surface area (Å²) in [5.74, 6) is 1.73. The lowest BCUT2D eigenvalue weighted by molar-refractivity contribution is -0.122. The standard InChI is InChI=1S/C37H53N2O4P.C28H33NO3/c1-29(2)39(30(3)4)44(43-31(5)6)42-27-17-9-8-16-22-36(40)38-28-37(32-18-12-10-13-19-32,33-20-14-11-15-21-33)34-23-25-35(41-7)26-24-34;1-32-26-19-17-25(18-20-26)28(23-12-6-4-7-13-23,24-14-8-5-9-15-24)22-29-27(31)16-10-2-3-11-21-30/h10-15,18-21,23-26,29-31H,8-9,16-17,22,27-28H2,1-7H3,(H,38,40);4-9,12-15,17-20,30H,2-3,10-11,16,21-22H2,1H3,(H,29,31). The van der Waals surface area contributed by atoms with Gasteiger partial charge in [-0.15, -0.1) is 0 Å². The van der Waals surface area contributed by atoms with E-state index in [4.69, 9.17) is 23.6 Å². The zero-order valence-electron chi connectivity index (χ0n) is 46.6. The van der Waals surface area contributed by atoms with Crippen LogP contribution in [0.4, 0.5) is 0 Å². The second kappa shape index (κ2) is 32.7. The third-order valence-electron chi connectivity index (χ3n) is 13.7. The van der Waals surface area contributed by atoms with Crippen molar-refractivity contribution in [2.45, 2.75) is 135 Å². The second-order valence-corrected chi connectivity index (χ2v) is 21.5. The molecule has 0 aliphatic heterocycles. The summed E-state index contributed by atoms with van der Waals surface area (Å²) in [5.41, 5.74) is 5.64. The summed E-state index contributed by atoms with van der Waals surface area (Å²) >= 11 is 0. The predicted octanol–water partition coefficient (Wildman–Crippen LogP) is 14.0. The number of carbonyl (C=O) groups excluding carboxylic acids is 2. The number of ether oxygens (including phenoxy) is 2. The molecule has 0 saturated carbocycles. The van der Waals surface area contributed by atoms with Crippen molar-refractivity contribution in [3.05, 3.63) is 203 Å². The molecule has 408 valence electrons. The number of aliphatic hydroxyl groups is 1. The van der Waals surface area contributed by atoms with E-state index in [1.807, 2.05) is 72.8 Å². The highest BCUT2D eigenvalue weighted by Crippen LogP contribution is 2.47. The Bertz CT molecular complexity index is 2430. The molecule has 0 saturated heterocycles. The zero-order valence-corrected chi connectivity index (χ0v) is 47.5. The van der Waals surface area contributed by atoms with E-state index in [0.29, 0.717) is 44.6 Å². The molecule has 0 bridgehead atoms. The van der Waals surface area contributed by atoms with Crippen molar-refractivity contribution >= 4 is 20.3 Å². The van der Waals surface area contributed by atoms with Crippen molar-refractivity contribution in [1.82, 2.24) is 15.3 Å². The fourth-order valence-corrected chi connectivity index (χ4v) is 11.5. The average Bonchev–Trinajstić information content (AvgIpc) is 3.44. The molecule has 1 atom stereocenters. The fraction of sp³-hybridized carbons (Fsp3) is 0.415. The molecule has 0 radical (unpaired) electrons. The Morgan fingerprint density at radius 2 is 0.803 bits per heavy atom. The molecule has 0 aromatic heterocycles. The number of nitrogens with zero attached hydrogens (tertiary/aromatic N) is 1. The number of benzene rings is 6. The van der Waals surface area contributed by atoms with Gasteiger partial charge in [0.25, 0.3) is 8.53 Å². The van der Waals surface area contributed by atoms with E-state index < -0.39 is 19.4 Å². The van der Waals surface area contributed by atoms with Gasteiger partial charge < -0.3 is 34.3 Å². The molecule has 3 N–H and O–H groups in total. The Morgan fingerprint density at radius 1 is 0.474 bits per heavy atom. The Hall–Kier alpha value is -5.87. The molecule has 6 rings (SSSR count). The quantitative estimate of drug-likeness (QED) is 0.0224. The minimum absolute atomic E-state index is 0.0544. The predicted molar refractivity (Wildman–Crippen MR) is 312 cm³/mol. The zero-order chi connectivity index (χ0) is 54.6. The van der Waals surface area contributed by atoms with Crippen LogP contribution in [0.1, 0.15) is 139 Å². The largest absolute Gasteiger partial charge is 0.497 e. The van der Waals surface area contributed by atoms with Crippen LogP contribution in [-0.2, 0) is 29.5 Å². The summed E-state index contributed by atoms with van der Waals surface area (Å²) in [6.07, 6.45) is 8.45. The normalized spacial score (nSPS) is 12.1. The van der Waals surface area contributed by atoms with Crippen molar-refractivity contribution in [1.29, 1.82) is 0 Å². The number of hydrogen-bond acceptors (Lipinski definition) is 8. The molecular formula is C65H86N3O7P. The summed E-state index contributed by atoms with van der Waals surface area (Å²) in [6.45, 7) is 14.7. The molecule has 10 nitrogen and oxygen atoms in total. The summed E-state index contributed by atoms with van der Waals surface area (Å²) in [6, 6.07) is 58.5. The van der Waals surface area contributed by atoms with Crippen LogP contribution in [-0.4, -0.2) is 80.3 Å². The van der Waals surface area contributed by atoms with Gasteiger partial charge in [-0.25, -0.2) is 4.67 Å². The van der Waals surface area contributed by atoms with Gasteiger partial charge in [-0.1, -0.05) is 171 Å². The molecule has 6 aromatic carbocycles. The van der Waals surface area contributed by atoms with Crippen LogP contribution in [0, 0.1) is 0 Å². The Balaban J connectivity index is 0.000000295. The Kier molecular flexibility index (Phi) is 26.2. The maximum atomic E-state index is 13.2. The van der Waals surface area contributed by atoms with Crippen LogP contribution >= 0.6 is 8.53 Å². The number of carbonyl (C=O) groups is 2. The van der Waals surface area contributed by atoms with Crippen LogP contribution < -0.4 is 20.1 Å². The molecule has 6 aromatic rings. The van der Waals surface area contributed by atoms with E-state index in [1.165, 1.54) is 0 Å². The number of aliphatic hydroxyl groups excluding tert-OH is 1. The molecule has 11 heteroatoms. The van der Waals surface area contributed by atoms with Gasteiger partial charge in [0.2, 0.25) is 11.8 Å². The highest BCUT2D eigenvalue weighted by molar-refractivity contribution is 7.44. The second-order valence-electron chi connectivity index (χ2n) is 20.1. The van der Waals surface area contributed by atoms with Crippen molar-refractivity contribution in [3.63, 3.8) is 0 Å². The van der Waals surface area contributed by atoms with E-state index >= 15 is 0 Å². The van der Waals surface area contributed by atoms with Gasteiger partial charge in [-0.2, -0.15) is 0 Å². The molecule has 0 heterocycles. The smallest absolute Gasteiger partial charge is 0.259 e. The van der Waals surface area contributed by atoms with Crippen LogP contribution in [0.15, 0.2) is 170 Å². The first kappa shape index (κ1) is 61.0. The SMILES string of the molecule is COc1ccc(C(CNC(=O)CCCCCCO)(c2ccccc2)c2ccccc2)cc1.COc1ccc(C(CNC(=O)CCCCCCOP(OC(C)C)N(C(C)C)C(C)C)(c2ccccc2)c2ccccc2)cc1. The third kappa shape index (κ3) is 17.9. The molecule has 76 heavy (non-hydrogen) atoms. The molecule has 0 aliphatic rings. The lowest BCUT2D eigenvalue weighted by atomic mass is 9.69. The van der Waals surface area contributed by atoms with Crippen molar-refractivity contribution in [2.75, 3.05) is 40.5 Å². The van der Waals surface area contributed by atoms with Crippen molar-refractivity contribution < 1.29 is 33.2 Å². The summed E-state index contributed by atoms with van der Waals surface area (Å²) in [4.78, 5) is 25.9. The van der Waals surface area contributed by atoms with Gasteiger partial charge in [0, 0.05) is 44.6 Å². The lowest BCUT2D eigenvalue weighted by Crippen LogP contribution is -2.42. The summed E-state index contributed by atoms with van der Waals surface area (Å²) in [5, 5.41) is 15.4. The third-order valence-corrected chi connectivity index (χ3v) is 16.0. The van der Waals surface area contributed by atoms with E-state index in [1.54, 1.807) is 14.2 Å². The molecule has 2 amide bonds. The Morgan fingerprint density at radius 3 is 1.12 bits per heavy atom. The van der Waals surface area contributed by atoms with Gasteiger partial charge in [0.05, 0.1) is 37.8 Å². The summed E-state index contributed by atoms with van der Waals surface area (Å²) < 4.78 is 25.6. The Labute approximate surface area is 456 Å². The van der Waals surface area contributed by atoms with Gasteiger partial charge in [0.1, 0.15) is 11.5 Å². The summed E-state index contributed by atoms with van der Waals surface area (Å²) in [7, 11) is 2.25. The van der Waals surface area contributed by atoms with E-state index in [0.717, 1.165) is 96.2 Å². The number of amides is 2. The maximum Gasteiger partial charge on any atom is 0.259 e. The van der Waals surface area contributed by atoms with Crippen molar-refractivity contribution in [2.24, 2.45) is 0 Å². The first-order valence-corrected chi connectivity index (χ1v) is 28.6. The highest BCUT2D eigenvalue weighted by atomic mass is 31.2. The average molecular weight is 1050 g/mol. The lowest BCUT2D eigenvalue weighted by Gasteiger charge is -2.36. The van der Waals surface area contributed by atoms with Crippen LogP contribution in [0.2, 0.25) is 0 Å². The molecule has 0 aliphatic carbocycles. The maximum absolute atomic E-state index is 13.2. The number of nitrogens with one attached hydrogen (secondary N) is 2. The number of hydrogen-bond donors (Lipinski definition) is 3. The first-order chi connectivity index (χ1) is 36.9. The number of methoxy groups -OCH3 is 2. The molecule has 1 unspecified atom stereocenters. The number of unbranched alkanes of at least 4 members (excludes halogenated alkanes) is 6. The molecule has 0 fully saturated rings. The van der Waals surface area contributed by atoms with E-state index in [2.05, 4.69) is 154 Å². The van der Waals surface area contributed by atoms with Gasteiger partial charge >= 0.3 is 0 Å². The van der Waals surface area contributed by atoms with Crippen LogP contribution in [0.5, 0.6) is 11.5 Å². The van der Waals surface area contributed by atoms with Gasteiger partial charge in [0.15, 0.2) is 0 Å². The molecular weight excluding hydrogens is 966 g/mol. The van der Waals surface area contributed by atoms with Crippen LogP contribution in [0.25, 0.3) is 0 Å². The van der Waals surface area contributed by atoms with Crippen molar-refractivity contribution in [3.8, 4) is 11.5 Å². The first-order valence-electron chi connectivity index (χ1n) is 27.4. The van der Waals surface area contributed by atoms with E-state index in [-0.39, 0.29) is 24.5 Å². The molecule has 0 spiro atoms. The van der Waals surface area contributed by atoms with Gasteiger partial charge in [-0.3, -0.25) is 9.59 Å². The monoisotopic (exact) mass is 1050 g/mol. The number of rotatable bonds is 31. The highest BCUT2D eigenvalue weighted by Gasteiger charge is 2.38. The topological polar surface area (TPSA) is 119 Å². The van der Waals surface area contributed by atoms with E-state index in [9.17, 15) is 9.59 Å². The minimum atomic E-state index is -1.09. The van der Waals surface area contributed by atoms with Crippen LogP contribution in [0.3, 0.4) is 0 Å².